The molecule has 1 heterocycles. The first-order valence-electron chi connectivity index (χ1n) is 6.48. The Bertz CT molecular complexity index is 499. The predicted molar refractivity (Wildman–Crippen MR) is 70.8 cm³/mol. The normalized spacial score (nSPS) is 14.8. The van der Waals surface area contributed by atoms with Gasteiger partial charge in [0.1, 0.15) is 6.04 Å². The van der Waals surface area contributed by atoms with E-state index in [4.69, 9.17) is 5.11 Å². The fourth-order valence-electron chi connectivity index (χ4n) is 2.22. The van der Waals surface area contributed by atoms with Crippen molar-refractivity contribution in [3.8, 4) is 0 Å². The number of carboxylic acids is 1. The lowest BCUT2D eigenvalue weighted by Gasteiger charge is -2.13. The van der Waals surface area contributed by atoms with Crippen molar-refractivity contribution in [3.63, 3.8) is 0 Å². The fraction of sp³-hybridized carbons (Fsp3) is 0.429. The Hall–Kier alpha value is -1.88. The molecule has 0 saturated carbocycles. The molecule has 0 bridgehead atoms. The summed E-state index contributed by atoms with van der Waals surface area (Å²) in [6, 6.07) is 4.67. The number of carbonyl (C=O) groups excluding carboxylic acids is 1. The van der Waals surface area contributed by atoms with Crippen molar-refractivity contribution in [2.45, 2.75) is 38.9 Å². The third kappa shape index (κ3) is 3.12. The number of hydrogen-bond donors (Lipinski definition) is 3. The van der Waals surface area contributed by atoms with Gasteiger partial charge in [-0.05, 0) is 29.7 Å². The Balaban J connectivity index is 2.09. The van der Waals surface area contributed by atoms with Gasteiger partial charge in [0.2, 0.25) is 0 Å². The molecule has 0 unspecified atom stereocenters. The Morgan fingerprint density at radius 3 is 2.79 bits per heavy atom. The van der Waals surface area contributed by atoms with Gasteiger partial charge < -0.3 is 15.7 Å². The second-order valence-electron chi connectivity index (χ2n) is 4.74. The van der Waals surface area contributed by atoms with E-state index in [1.807, 2.05) is 19.1 Å². The molecule has 0 aromatic heterocycles. The maximum atomic E-state index is 12.0. The summed E-state index contributed by atoms with van der Waals surface area (Å²) in [7, 11) is 0. The highest BCUT2D eigenvalue weighted by Crippen LogP contribution is 2.17. The average molecular weight is 262 g/mol. The highest BCUT2D eigenvalue weighted by molar-refractivity contribution is 5.96. The number of amides is 1. The molecule has 5 heteroatoms. The van der Waals surface area contributed by atoms with E-state index in [1.165, 1.54) is 5.56 Å². The number of carbonyl (C=O) groups is 2. The summed E-state index contributed by atoms with van der Waals surface area (Å²) in [4.78, 5) is 23.1. The molecule has 0 radical (unpaired) electrons. The molecule has 0 saturated heterocycles. The van der Waals surface area contributed by atoms with Crippen LogP contribution in [0, 0.1) is 0 Å². The van der Waals surface area contributed by atoms with Gasteiger partial charge in [-0.25, -0.2) is 4.79 Å². The van der Waals surface area contributed by atoms with E-state index in [0.717, 1.165) is 18.7 Å². The van der Waals surface area contributed by atoms with Crippen LogP contribution in [0.5, 0.6) is 0 Å². The molecule has 1 amide bonds. The maximum absolute atomic E-state index is 12.0. The van der Waals surface area contributed by atoms with E-state index in [-0.39, 0.29) is 5.91 Å². The summed E-state index contributed by atoms with van der Waals surface area (Å²) < 4.78 is 0. The van der Waals surface area contributed by atoms with Gasteiger partial charge in [-0.15, -0.1) is 0 Å². The van der Waals surface area contributed by atoms with Crippen molar-refractivity contribution in [2.75, 3.05) is 0 Å². The number of carboxylic acid groups (broad SMARTS) is 1. The summed E-state index contributed by atoms with van der Waals surface area (Å²) in [5, 5.41) is 14.8. The molecule has 1 aliphatic heterocycles. The smallest absolute Gasteiger partial charge is 0.326 e. The lowest BCUT2D eigenvalue weighted by molar-refractivity contribution is -0.139. The van der Waals surface area contributed by atoms with Crippen LogP contribution >= 0.6 is 0 Å². The summed E-state index contributed by atoms with van der Waals surface area (Å²) in [5.41, 5.74) is 2.82. The largest absolute Gasteiger partial charge is 0.480 e. The second-order valence-corrected chi connectivity index (χ2v) is 4.74. The first-order valence-corrected chi connectivity index (χ1v) is 6.48. The van der Waals surface area contributed by atoms with Gasteiger partial charge in [-0.1, -0.05) is 19.4 Å². The highest BCUT2D eigenvalue weighted by atomic mass is 16.4. The number of fused-ring (bicyclic) bond motifs is 1. The van der Waals surface area contributed by atoms with Gasteiger partial charge >= 0.3 is 5.97 Å². The number of rotatable bonds is 5. The molecule has 0 aliphatic carbocycles. The van der Waals surface area contributed by atoms with Crippen LogP contribution in [0.3, 0.4) is 0 Å². The van der Waals surface area contributed by atoms with Crippen LogP contribution in [0.2, 0.25) is 0 Å². The molecule has 1 atom stereocenters. The van der Waals surface area contributed by atoms with E-state index in [9.17, 15) is 9.59 Å². The van der Waals surface area contributed by atoms with Gasteiger partial charge in [-0.3, -0.25) is 4.79 Å². The van der Waals surface area contributed by atoms with E-state index in [0.29, 0.717) is 18.4 Å². The molecule has 102 valence electrons. The zero-order valence-corrected chi connectivity index (χ0v) is 10.9. The molecule has 1 aromatic rings. The summed E-state index contributed by atoms with van der Waals surface area (Å²) >= 11 is 0. The van der Waals surface area contributed by atoms with Gasteiger partial charge in [0, 0.05) is 18.7 Å². The number of benzene rings is 1. The minimum absolute atomic E-state index is 0.324. The van der Waals surface area contributed by atoms with Crippen LogP contribution < -0.4 is 10.6 Å². The molecule has 0 fully saturated rings. The topological polar surface area (TPSA) is 78.4 Å². The van der Waals surface area contributed by atoms with Crippen LogP contribution in [0.25, 0.3) is 0 Å². The van der Waals surface area contributed by atoms with Crippen molar-refractivity contribution in [3.05, 3.63) is 34.9 Å². The number of hydrogen-bond acceptors (Lipinski definition) is 3. The van der Waals surface area contributed by atoms with Crippen molar-refractivity contribution >= 4 is 11.9 Å². The quantitative estimate of drug-likeness (QED) is 0.746. The molecule has 5 nitrogen and oxygen atoms in total. The minimum Gasteiger partial charge on any atom is -0.480 e. The standard InChI is InChI=1S/C14H18N2O3/c1-2-3-12(14(18)19)16-13(17)9-4-5-10-7-15-8-11(10)6-9/h4-6,12,15H,2-3,7-8H2,1H3,(H,16,17)(H,18,19)/t12-/m0/s1. The molecular weight excluding hydrogens is 244 g/mol. The Labute approximate surface area is 112 Å². The van der Waals surface area contributed by atoms with Crippen LogP contribution in [0.4, 0.5) is 0 Å². The third-order valence-corrected chi connectivity index (χ3v) is 3.28. The Kier molecular flexibility index (Phi) is 4.16. The van der Waals surface area contributed by atoms with Gasteiger partial charge in [-0.2, -0.15) is 0 Å². The molecule has 2 rings (SSSR count). The van der Waals surface area contributed by atoms with Crippen LogP contribution in [0.1, 0.15) is 41.3 Å². The van der Waals surface area contributed by atoms with Crippen molar-refractivity contribution in [1.29, 1.82) is 0 Å². The second kappa shape index (κ2) is 5.84. The predicted octanol–water partition coefficient (Wildman–Crippen LogP) is 1.27. The first kappa shape index (κ1) is 13.5. The van der Waals surface area contributed by atoms with E-state index in [1.54, 1.807) is 6.07 Å². The maximum Gasteiger partial charge on any atom is 0.326 e. The third-order valence-electron chi connectivity index (χ3n) is 3.28. The van der Waals surface area contributed by atoms with Crippen LogP contribution in [-0.4, -0.2) is 23.0 Å². The number of aliphatic carboxylic acids is 1. The Morgan fingerprint density at radius 2 is 2.11 bits per heavy atom. The molecule has 19 heavy (non-hydrogen) atoms. The molecule has 0 spiro atoms. The zero-order chi connectivity index (χ0) is 13.8. The van der Waals surface area contributed by atoms with Crippen molar-refractivity contribution in [1.82, 2.24) is 10.6 Å². The number of nitrogens with one attached hydrogen (secondary N) is 2. The van der Waals surface area contributed by atoms with Crippen molar-refractivity contribution < 1.29 is 14.7 Å². The fourth-order valence-corrected chi connectivity index (χ4v) is 2.22. The van der Waals surface area contributed by atoms with E-state index < -0.39 is 12.0 Å². The molecule has 1 aromatic carbocycles. The minimum atomic E-state index is -0.988. The molecular formula is C14H18N2O3. The molecule has 3 N–H and O–H groups in total. The molecule has 1 aliphatic rings. The van der Waals surface area contributed by atoms with Gasteiger partial charge in [0.05, 0.1) is 0 Å². The Morgan fingerprint density at radius 1 is 1.37 bits per heavy atom. The van der Waals surface area contributed by atoms with Crippen LogP contribution in [0.15, 0.2) is 18.2 Å². The summed E-state index contributed by atoms with van der Waals surface area (Å²) in [6.45, 7) is 3.47. The lowest BCUT2D eigenvalue weighted by atomic mass is 10.1. The van der Waals surface area contributed by atoms with Crippen LogP contribution in [-0.2, 0) is 17.9 Å². The zero-order valence-electron chi connectivity index (χ0n) is 10.9. The van der Waals surface area contributed by atoms with E-state index in [2.05, 4.69) is 10.6 Å². The van der Waals surface area contributed by atoms with Crippen molar-refractivity contribution in [2.24, 2.45) is 0 Å². The SMILES string of the molecule is CCC[C@H](NC(=O)c1ccc2c(c1)CNC2)C(=O)O. The van der Waals surface area contributed by atoms with Gasteiger partial charge in [0.15, 0.2) is 0 Å². The lowest BCUT2D eigenvalue weighted by Crippen LogP contribution is -2.40. The van der Waals surface area contributed by atoms with E-state index >= 15 is 0 Å². The average Bonchev–Trinajstić information content (AvgIpc) is 2.85. The summed E-state index contributed by atoms with van der Waals surface area (Å²) in [5.74, 6) is -1.31. The van der Waals surface area contributed by atoms with Gasteiger partial charge in [0.25, 0.3) is 5.91 Å². The summed E-state index contributed by atoms with van der Waals surface area (Å²) in [6.07, 6.45) is 1.15. The highest BCUT2D eigenvalue weighted by Gasteiger charge is 2.20. The monoisotopic (exact) mass is 262 g/mol. The first-order chi connectivity index (χ1) is 9.11.